The Hall–Kier alpha value is -0.500. The highest BCUT2D eigenvalue weighted by atomic mass is 16.5. The normalized spacial score (nSPS) is 11.7. The summed E-state index contributed by atoms with van der Waals surface area (Å²) in [5.41, 5.74) is 0. The van der Waals surface area contributed by atoms with Crippen LogP contribution in [0.25, 0.3) is 0 Å². The lowest BCUT2D eigenvalue weighted by atomic mass is 10.5. The van der Waals surface area contributed by atoms with Crippen LogP contribution in [0.2, 0.25) is 0 Å². The van der Waals surface area contributed by atoms with Gasteiger partial charge in [-0.1, -0.05) is 6.92 Å². The van der Waals surface area contributed by atoms with Gasteiger partial charge in [-0.15, -0.1) is 0 Å². The van der Waals surface area contributed by atoms with Crippen molar-refractivity contribution in [3.63, 3.8) is 0 Å². The zero-order valence-electron chi connectivity index (χ0n) is 6.40. The zero-order valence-corrected chi connectivity index (χ0v) is 6.40. The van der Waals surface area contributed by atoms with E-state index in [4.69, 9.17) is 4.74 Å². The van der Waals surface area contributed by atoms with Crippen molar-refractivity contribution in [2.45, 2.75) is 20.8 Å². The Morgan fingerprint density at radius 3 is 2.78 bits per heavy atom. The molecule has 0 aromatic carbocycles. The van der Waals surface area contributed by atoms with E-state index < -0.39 is 0 Å². The molecular weight excluding hydrogens is 114 g/mol. The molecule has 54 valence electrons. The second-order valence-electron chi connectivity index (χ2n) is 1.79. The molecule has 0 aliphatic rings. The number of nitrogens with one attached hydrogen (secondary N) is 1. The summed E-state index contributed by atoms with van der Waals surface area (Å²) in [6.07, 6.45) is 1.94. The Morgan fingerprint density at radius 2 is 2.33 bits per heavy atom. The third kappa shape index (κ3) is 5.37. The molecule has 0 aromatic rings. The highest BCUT2D eigenvalue weighted by Crippen LogP contribution is 1.90. The third-order valence-electron chi connectivity index (χ3n) is 1.06. The molecule has 0 fully saturated rings. The molecule has 0 radical (unpaired) electrons. The van der Waals surface area contributed by atoms with Crippen LogP contribution in [0.4, 0.5) is 0 Å². The van der Waals surface area contributed by atoms with Crippen LogP contribution in [0.15, 0.2) is 11.8 Å². The van der Waals surface area contributed by atoms with E-state index in [-0.39, 0.29) is 0 Å². The zero-order chi connectivity index (χ0) is 7.11. The maximum atomic E-state index is 5.18. The maximum absolute atomic E-state index is 5.18. The lowest BCUT2D eigenvalue weighted by Gasteiger charge is -2.04. The first-order chi connectivity index (χ1) is 4.31. The minimum Gasteiger partial charge on any atom is -0.483 e. The van der Waals surface area contributed by atoms with Gasteiger partial charge in [0.15, 0.2) is 0 Å². The van der Waals surface area contributed by atoms with E-state index in [2.05, 4.69) is 5.32 Å². The van der Waals surface area contributed by atoms with Crippen LogP contribution in [-0.4, -0.2) is 13.3 Å². The molecule has 0 saturated carbocycles. The number of hydrogen-bond acceptors (Lipinski definition) is 2. The molecular formula is C7H15NO. The Morgan fingerprint density at radius 1 is 1.67 bits per heavy atom. The van der Waals surface area contributed by atoms with Crippen LogP contribution in [-0.2, 0) is 4.74 Å². The fraction of sp³-hybridized carbons (Fsp3) is 0.714. The fourth-order valence-corrected chi connectivity index (χ4v) is 0.350. The third-order valence-corrected chi connectivity index (χ3v) is 1.06. The number of rotatable bonds is 4. The average molecular weight is 129 g/mol. The van der Waals surface area contributed by atoms with Gasteiger partial charge in [-0.3, -0.25) is 5.32 Å². The SMILES string of the molecule is CC=C(C)OCNCC. The molecule has 0 aromatic heterocycles. The van der Waals surface area contributed by atoms with Crippen molar-refractivity contribution in [2.24, 2.45) is 0 Å². The molecule has 0 unspecified atom stereocenters. The van der Waals surface area contributed by atoms with Crippen LogP contribution in [0, 0.1) is 0 Å². The molecule has 0 bridgehead atoms. The molecule has 0 aliphatic heterocycles. The van der Waals surface area contributed by atoms with Gasteiger partial charge in [-0.25, -0.2) is 0 Å². The van der Waals surface area contributed by atoms with Crippen molar-refractivity contribution < 1.29 is 4.74 Å². The van der Waals surface area contributed by atoms with E-state index in [0.717, 1.165) is 12.3 Å². The van der Waals surface area contributed by atoms with Crippen LogP contribution >= 0.6 is 0 Å². The van der Waals surface area contributed by atoms with Gasteiger partial charge in [0.25, 0.3) is 0 Å². The quantitative estimate of drug-likeness (QED) is 0.353. The van der Waals surface area contributed by atoms with Crippen LogP contribution in [0.3, 0.4) is 0 Å². The number of allylic oxidation sites excluding steroid dienone is 2. The van der Waals surface area contributed by atoms with Crippen molar-refractivity contribution in [1.29, 1.82) is 0 Å². The minimum absolute atomic E-state index is 0.618. The predicted octanol–water partition coefficient (Wildman–Crippen LogP) is 1.49. The van der Waals surface area contributed by atoms with Crippen LogP contribution < -0.4 is 5.32 Å². The van der Waals surface area contributed by atoms with Crippen LogP contribution in [0.5, 0.6) is 0 Å². The van der Waals surface area contributed by atoms with Gasteiger partial charge in [0.05, 0.1) is 5.76 Å². The predicted molar refractivity (Wildman–Crippen MR) is 39.1 cm³/mol. The molecule has 2 nitrogen and oxygen atoms in total. The molecule has 0 heterocycles. The second kappa shape index (κ2) is 5.63. The summed E-state index contributed by atoms with van der Waals surface area (Å²) in [6.45, 7) is 7.52. The number of ether oxygens (including phenoxy) is 1. The van der Waals surface area contributed by atoms with Crippen molar-refractivity contribution in [2.75, 3.05) is 13.3 Å². The summed E-state index contributed by atoms with van der Waals surface area (Å²) in [6, 6.07) is 0. The highest BCUT2D eigenvalue weighted by Gasteiger charge is 1.83. The molecule has 9 heavy (non-hydrogen) atoms. The second-order valence-corrected chi connectivity index (χ2v) is 1.79. The standard InChI is InChI=1S/C7H15NO/c1-4-7(3)9-6-8-5-2/h4,8H,5-6H2,1-3H3. The van der Waals surface area contributed by atoms with Crippen molar-refractivity contribution in [1.82, 2.24) is 5.32 Å². The lowest BCUT2D eigenvalue weighted by molar-refractivity contribution is 0.192. The Kier molecular flexibility index (Phi) is 5.32. The van der Waals surface area contributed by atoms with E-state index in [1.807, 2.05) is 26.8 Å². The summed E-state index contributed by atoms with van der Waals surface area (Å²) in [5, 5.41) is 3.05. The van der Waals surface area contributed by atoms with Gasteiger partial charge < -0.3 is 4.74 Å². The molecule has 0 aliphatic carbocycles. The van der Waals surface area contributed by atoms with E-state index in [9.17, 15) is 0 Å². The minimum atomic E-state index is 0.618. The summed E-state index contributed by atoms with van der Waals surface area (Å²) in [5.74, 6) is 0.968. The highest BCUT2D eigenvalue weighted by molar-refractivity contribution is 4.83. The van der Waals surface area contributed by atoms with Gasteiger partial charge in [0.1, 0.15) is 6.73 Å². The smallest absolute Gasteiger partial charge is 0.139 e. The Balaban J connectivity index is 3.07. The van der Waals surface area contributed by atoms with Gasteiger partial charge in [-0.2, -0.15) is 0 Å². The molecule has 0 rings (SSSR count). The lowest BCUT2D eigenvalue weighted by Crippen LogP contribution is -2.15. The molecule has 1 N–H and O–H groups in total. The molecule has 0 saturated heterocycles. The van der Waals surface area contributed by atoms with Gasteiger partial charge >= 0.3 is 0 Å². The molecule has 0 atom stereocenters. The Labute approximate surface area is 56.9 Å². The first-order valence-electron chi connectivity index (χ1n) is 3.27. The summed E-state index contributed by atoms with van der Waals surface area (Å²) >= 11 is 0. The van der Waals surface area contributed by atoms with E-state index >= 15 is 0 Å². The first-order valence-corrected chi connectivity index (χ1v) is 3.27. The first kappa shape index (κ1) is 8.50. The van der Waals surface area contributed by atoms with Gasteiger partial charge in [0.2, 0.25) is 0 Å². The van der Waals surface area contributed by atoms with Gasteiger partial charge in [-0.05, 0) is 26.5 Å². The topological polar surface area (TPSA) is 21.3 Å². The number of hydrogen-bond donors (Lipinski definition) is 1. The van der Waals surface area contributed by atoms with Crippen LogP contribution in [0.1, 0.15) is 20.8 Å². The maximum Gasteiger partial charge on any atom is 0.139 e. The van der Waals surface area contributed by atoms with E-state index in [0.29, 0.717) is 6.73 Å². The molecule has 0 amide bonds. The molecule has 2 heteroatoms. The fourth-order valence-electron chi connectivity index (χ4n) is 0.350. The summed E-state index contributed by atoms with van der Waals surface area (Å²) in [7, 11) is 0. The van der Waals surface area contributed by atoms with E-state index in [1.54, 1.807) is 0 Å². The molecule has 0 spiro atoms. The monoisotopic (exact) mass is 129 g/mol. The van der Waals surface area contributed by atoms with E-state index in [1.165, 1.54) is 0 Å². The van der Waals surface area contributed by atoms with Crippen molar-refractivity contribution in [3.05, 3.63) is 11.8 Å². The Bertz CT molecular complexity index is 88.9. The summed E-state index contributed by atoms with van der Waals surface area (Å²) in [4.78, 5) is 0. The van der Waals surface area contributed by atoms with Gasteiger partial charge in [0, 0.05) is 0 Å². The average Bonchev–Trinajstić information content (AvgIpc) is 1.89. The largest absolute Gasteiger partial charge is 0.483 e. The van der Waals surface area contributed by atoms with Crippen molar-refractivity contribution in [3.8, 4) is 0 Å². The van der Waals surface area contributed by atoms with Crippen molar-refractivity contribution >= 4 is 0 Å². The summed E-state index contributed by atoms with van der Waals surface area (Å²) < 4.78 is 5.18.